The summed E-state index contributed by atoms with van der Waals surface area (Å²) in [7, 11) is -4.23. The van der Waals surface area contributed by atoms with Crippen molar-refractivity contribution in [2.45, 2.75) is 44.6 Å². The van der Waals surface area contributed by atoms with Crippen molar-refractivity contribution in [2.24, 2.45) is 0 Å². The Bertz CT molecular complexity index is 1190. The SMILES string of the molecule is C=C(B1OC(C)(C)C(C)(C)O1)C(c1ccc(F)c(Cl)c1)P(=O)(c1ccccc1)c1ccccc1. The van der Waals surface area contributed by atoms with Gasteiger partial charge in [-0.05, 0) is 50.9 Å². The van der Waals surface area contributed by atoms with Gasteiger partial charge in [0.15, 0.2) is 7.14 Å². The largest absolute Gasteiger partial charge is 0.491 e. The molecule has 3 aromatic carbocycles. The van der Waals surface area contributed by atoms with E-state index >= 15 is 4.57 Å². The highest BCUT2D eigenvalue weighted by molar-refractivity contribution is 7.79. The summed E-state index contributed by atoms with van der Waals surface area (Å²) in [4.78, 5) is 0. The molecule has 4 rings (SSSR count). The quantitative estimate of drug-likeness (QED) is 0.281. The Balaban J connectivity index is 1.95. The van der Waals surface area contributed by atoms with Gasteiger partial charge in [0, 0.05) is 10.6 Å². The van der Waals surface area contributed by atoms with Gasteiger partial charge in [-0.25, -0.2) is 4.39 Å². The third-order valence-electron chi connectivity index (χ3n) is 6.81. The lowest BCUT2D eigenvalue weighted by Crippen LogP contribution is -2.41. The maximum atomic E-state index is 15.3. The zero-order chi connectivity index (χ0) is 24.7. The van der Waals surface area contributed by atoms with Gasteiger partial charge < -0.3 is 13.9 Å². The molecule has 34 heavy (non-hydrogen) atoms. The molecule has 0 saturated carbocycles. The van der Waals surface area contributed by atoms with Crippen molar-refractivity contribution < 1.29 is 18.3 Å². The predicted octanol–water partition coefficient (Wildman–Crippen LogP) is 6.72. The van der Waals surface area contributed by atoms with Crippen LogP contribution in [-0.4, -0.2) is 18.3 Å². The second-order valence-electron chi connectivity index (χ2n) is 9.57. The molecule has 0 aliphatic carbocycles. The van der Waals surface area contributed by atoms with E-state index < -0.39 is 36.9 Å². The summed E-state index contributed by atoms with van der Waals surface area (Å²) in [5.41, 5.74) is -0.880. The summed E-state index contributed by atoms with van der Waals surface area (Å²) < 4.78 is 42.1. The minimum atomic E-state index is -3.42. The average molecular weight is 497 g/mol. The van der Waals surface area contributed by atoms with Crippen LogP contribution in [0.5, 0.6) is 0 Å². The Kier molecular flexibility index (Phi) is 6.70. The number of hydrogen-bond acceptors (Lipinski definition) is 3. The molecule has 1 fully saturated rings. The molecular formula is C27H28BClFO3P. The van der Waals surface area contributed by atoms with Crippen LogP contribution in [0.4, 0.5) is 4.39 Å². The van der Waals surface area contributed by atoms with E-state index in [0.717, 1.165) is 0 Å². The van der Waals surface area contributed by atoms with E-state index in [-0.39, 0.29) is 5.02 Å². The fourth-order valence-corrected chi connectivity index (χ4v) is 7.69. The number of halogens is 2. The molecule has 0 N–H and O–H groups in total. The highest BCUT2D eigenvalue weighted by Gasteiger charge is 2.55. The Morgan fingerprint density at radius 1 is 0.912 bits per heavy atom. The van der Waals surface area contributed by atoms with Gasteiger partial charge in [-0.15, -0.1) is 6.58 Å². The number of allylic oxidation sites excluding steroid dienone is 1. The lowest BCUT2D eigenvalue weighted by Gasteiger charge is -2.32. The number of benzene rings is 3. The molecule has 7 heteroatoms. The van der Waals surface area contributed by atoms with Gasteiger partial charge in [0.05, 0.1) is 21.9 Å². The first-order valence-corrected chi connectivity index (χ1v) is 13.3. The van der Waals surface area contributed by atoms with Crippen LogP contribution in [-0.2, 0) is 13.9 Å². The van der Waals surface area contributed by atoms with Crippen LogP contribution >= 0.6 is 18.7 Å². The summed E-state index contributed by atoms with van der Waals surface area (Å²) in [6.45, 7) is 12.2. The zero-order valence-corrected chi connectivity index (χ0v) is 21.4. The molecule has 0 amide bonds. The minimum Gasteiger partial charge on any atom is -0.400 e. The summed E-state index contributed by atoms with van der Waals surface area (Å²) in [5.74, 6) is -0.542. The van der Waals surface area contributed by atoms with Crippen LogP contribution in [0.25, 0.3) is 0 Å². The topological polar surface area (TPSA) is 35.5 Å². The first-order valence-electron chi connectivity index (χ1n) is 11.2. The normalized spacial score (nSPS) is 18.0. The van der Waals surface area contributed by atoms with Crippen LogP contribution in [0, 0.1) is 5.82 Å². The third kappa shape index (κ3) is 4.31. The van der Waals surface area contributed by atoms with E-state index in [1.54, 1.807) is 6.07 Å². The smallest absolute Gasteiger partial charge is 0.400 e. The van der Waals surface area contributed by atoms with E-state index in [2.05, 4.69) is 6.58 Å². The predicted molar refractivity (Wildman–Crippen MR) is 139 cm³/mol. The second-order valence-corrected chi connectivity index (χ2v) is 12.8. The summed E-state index contributed by atoms with van der Waals surface area (Å²) in [6.07, 6.45) is 0. The standard InChI is InChI=1S/C27H28BClFO3P/c1-19(28-32-26(2,3)27(4,5)33-28)25(20-16-17-24(30)23(29)18-20)34(31,21-12-8-6-9-13-21)22-14-10-7-11-15-22/h6-18,25H,1H2,2-5H3. The molecule has 1 aliphatic rings. The molecule has 1 saturated heterocycles. The number of rotatable bonds is 6. The fraction of sp³-hybridized carbons (Fsp3) is 0.259. The van der Waals surface area contributed by atoms with Crippen molar-refractivity contribution in [3.8, 4) is 0 Å². The van der Waals surface area contributed by atoms with Crippen molar-refractivity contribution >= 4 is 36.5 Å². The van der Waals surface area contributed by atoms with Crippen LogP contribution in [0.3, 0.4) is 0 Å². The van der Waals surface area contributed by atoms with Crippen molar-refractivity contribution in [2.75, 3.05) is 0 Å². The van der Waals surface area contributed by atoms with E-state index in [4.69, 9.17) is 20.9 Å². The lowest BCUT2D eigenvalue weighted by atomic mass is 9.75. The molecule has 0 spiro atoms. The van der Waals surface area contributed by atoms with Crippen molar-refractivity contribution in [3.05, 3.63) is 107 Å². The molecule has 1 aliphatic heterocycles. The molecule has 1 unspecified atom stereocenters. The van der Waals surface area contributed by atoms with Gasteiger partial charge >= 0.3 is 7.12 Å². The maximum Gasteiger partial charge on any atom is 0.491 e. The van der Waals surface area contributed by atoms with E-state index in [0.29, 0.717) is 21.6 Å². The van der Waals surface area contributed by atoms with E-state index in [1.165, 1.54) is 12.1 Å². The summed E-state index contributed by atoms with van der Waals surface area (Å²) in [6, 6.07) is 23.0. The third-order valence-corrected chi connectivity index (χ3v) is 10.6. The molecule has 0 aromatic heterocycles. The highest BCUT2D eigenvalue weighted by atomic mass is 35.5. The highest BCUT2D eigenvalue weighted by Crippen LogP contribution is 2.61. The fourth-order valence-electron chi connectivity index (χ4n) is 4.21. The minimum absolute atomic E-state index is 0.0445. The Morgan fingerprint density at radius 3 is 1.82 bits per heavy atom. The first kappa shape index (κ1) is 24.9. The van der Waals surface area contributed by atoms with Gasteiger partial charge in [0.25, 0.3) is 0 Å². The molecule has 0 bridgehead atoms. The van der Waals surface area contributed by atoms with Crippen molar-refractivity contribution in [1.29, 1.82) is 0 Å². The first-order chi connectivity index (χ1) is 16.0. The monoisotopic (exact) mass is 496 g/mol. The molecular weight excluding hydrogens is 469 g/mol. The zero-order valence-electron chi connectivity index (χ0n) is 19.8. The molecule has 0 radical (unpaired) electrons. The Morgan fingerprint density at radius 2 is 1.38 bits per heavy atom. The Labute approximate surface area is 206 Å². The van der Waals surface area contributed by atoms with Crippen molar-refractivity contribution in [1.82, 2.24) is 0 Å². The van der Waals surface area contributed by atoms with Gasteiger partial charge in [0.2, 0.25) is 0 Å². The van der Waals surface area contributed by atoms with Crippen LogP contribution in [0.2, 0.25) is 5.02 Å². The van der Waals surface area contributed by atoms with Crippen LogP contribution in [0.15, 0.2) is 90.9 Å². The molecule has 3 nitrogen and oxygen atoms in total. The van der Waals surface area contributed by atoms with Gasteiger partial charge in [-0.2, -0.15) is 0 Å². The second kappa shape index (κ2) is 9.13. The average Bonchev–Trinajstić information content (AvgIpc) is 3.04. The molecule has 1 atom stereocenters. The van der Waals surface area contributed by atoms with Gasteiger partial charge in [-0.3, -0.25) is 0 Å². The van der Waals surface area contributed by atoms with Crippen molar-refractivity contribution in [3.63, 3.8) is 0 Å². The van der Waals surface area contributed by atoms with E-state index in [9.17, 15) is 4.39 Å². The number of hydrogen-bond donors (Lipinski definition) is 0. The van der Waals surface area contributed by atoms with Crippen LogP contribution < -0.4 is 10.6 Å². The Hall–Kier alpha value is -2.17. The maximum absolute atomic E-state index is 15.3. The molecule has 3 aromatic rings. The summed E-state index contributed by atoms with van der Waals surface area (Å²) in [5, 5.41) is 1.27. The van der Waals surface area contributed by atoms with Gasteiger partial charge in [-0.1, -0.05) is 78.3 Å². The van der Waals surface area contributed by atoms with Gasteiger partial charge in [0.1, 0.15) is 5.82 Å². The lowest BCUT2D eigenvalue weighted by molar-refractivity contribution is 0.00578. The molecule has 176 valence electrons. The van der Waals surface area contributed by atoms with Crippen LogP contribution in [0.1, 0.15) is 38.9 Å². The van der Waals surface area contributed by atoms with E-state index in [1.807, 2.05) is 88.4 Å². The summed E-state index contributed by atoms with van der Waals surface area (Å²) >= 11 is 6.20. The molecule has 1 heterocycles.